The van der Waals surface area contributed by atoms with Crippen LogP contribution in [0.5, 0.6) is 0 Å². The van der Waals surface area contributed by atoms with E-state index in [4.69, 9.17) is 9.47 Å². The van der Waals surface area contributed by atoms with Crippen LogP contribution in [0, 0.1) is 0 Å². The van der Waals surface area contributed by atoms with Crippen molar-refractivity contribution in [3.8, 4) is 0 Å². The van der Waals surface area contributed by atoms with Crippen molar-refractivity contribution in [2.75, 3.05) is 31.2 Å². The second-order valence-corrected chi connectivity index (χ2v) is 22.8. The largest absolute Gasteiger partial charge is 0.744 e. The van der Waals surface area contributed by atoms with Crippen molar-refractivity contribution in [1.29, 1.82) is 0 Å². The van der Waals surface area contributed by atoms with E-state index in [-0.39, 0.29) is 34.5 Å². The molecule has 0 saturated heterocycles. The molecule has 0 bridgehead atoms. The fraction of sp³-hybridized carbons (Fsp3) is 0.222. The molecule has 2 heterocycles. The molecule has 0 saturated carbocycles. The van der Waals surface area contributed by atoms with Crippen LogP contribution in [0.1, 0.15) is 65.5 Å². The summed E-state index contributed by atoms with van der Waals surface area (Å²) >= 11 is 0.847. The summed E-state index contributed by atoms with van der Waals surface area (Å²) < 4.78 is 54.8. The number of esters is 2. The molecule has 398 valence electrons. The van der Waals surface area contributed by atoms with Crippen molar-refractivity contribution in [3.63, 3.8) is 0 Å². The second-order valence-electron chi connectivity index (χ2n) is 20.6. The van der Waals surface area contributed by atoms with Crippen molar-refractivity contribution >= 4 is 89.8 Å². The number of carbonyl (C=O) groups is 2. The van der Waals surface area contributed by atoms with Gasteiger partial charge in [0, 0.05) is 101 Å². The molecule has 7 aromatic rings. The molecule has 7 aromatic carbocycles. The van der Waals surface area contributed by atoms with Gasteiger partial charge in [0.25, 0.3) is 0 Å². The number of hydrogen-bond acceptors (Lipinski definition) is 12. The third-order valence-corrected chi connectivity index (χ3v) is 16.6. The summed E-state index contributed by atoms with van der Waals surface area (Å²) in [6.45, 7) is 12.6. The Labute approximate surface area is 459 Å². The first-order chi connectivity index (χ1) is 37.5. The smallest absolute Gasteiger partial charge is 0.302 e. The van der Waals surface area contributed by atoms with Crippen molar-refractivity contribution in [2.24, 2.45) is 0 Å². The molecule has 0 atom stereocenters. The van der Waals surface area contributed by atoms with Gasteiger partial charge in [0.2, 0.25) is 5.69 Å². The van der Waals surface area contributed by atoms with Gasteiger partial charge in [-0.2, -0.15) is 13.4 Å². The Morgan fingerprint density at radius 1 is 0.692 bits per heavy atom. The molecule has 0 aromatic heterocycles. The molecule has 3 aliphatic rings. The van der Waals surface area contributed by atoms with E-state index in [1.165, 1.54) is 26.0 Å². The predicted octanol–water partition coefficient (Wildman–Crippen LogP) is 12.5. The highest BCUT2D eigenvalue weighted by Crippen LogP contribution is 2.56. The van der Waals surface area contributed by atoms with Crippen molar-refractivity contribution in [2.45, 2.75) is 75.0 Å². The maximum Gasteiger partial charge on any atom is 0.302 e. The fourth-order valence-electron chi connectivity index (χ4n) is 12.1. The van der Waals surface area contributed by atoms with Gasteiger partial charge < -0.3 is 24.2 Å². The lowest BCUT2D eigenvalue weighted by molar-refractivity contribution is -0.777. The summed E-state index contributed by atoms with van der Waals surface area (Å²) in [5.74, 6) is -0.746. The third-order valence-electron chi connectivity index (χ3n) is 15.2. The van der Waals surface area contributed by atoms with E-state index in [2.05, 4.69) is 150 Å². The Kier molecular flexibility index (Phi) is 15.0. The molecular weight excluding hydrogens is 1020 g/mol. The normalized spacial score (nSPS) is 17.0. The van der Waals surface area contributed by atoms with Gasteiger partial charge in [-0.1, -0.05) is 92.7 Å². The van der Waals surface area contributed by atoms with Gasteiger partial charge in [0.1, 0.15) is 33.8 Å². The van der Waals surface area contributed by atoms with Gasteiger partial charge in [0.05, 0.1) is 28.9 Å². The van der Waals surface area contributed by atoms with Crippen LogP contribution in [0.25, 0.3) is 21.5 Å². The Balaban J connectivity index is 1.21. The Morgan fingerprint density at radius 3 is 1.90 bits per heavy atom. The van der Waals surface area contributed by atoms with E-state index in [0.29, 0.717) is 36.2 Å². The zero-order valence-corrected chi connectivity index (χ0v) is 45.9. The third kappa shape index (κ3) is 9.92. The quantitative estimate of drug-likeness (QED) is 0.0162. The minimum absolute atomic E-state index is 0.125. The van der Waals surface area contributed by atoms with Gasteiger partial charge in [-0.15, -0.1) is 0 Å². The molecule has 10 rings (SSSR count). The summed E-state index contributed by atoms with van der Waals surface area (Å²) in [6.07, 6.45) is 10.3. The number of benzene rings is 7. The van der Waals surface area contributed by atoms with E-state index in [1.807, 2.05) is 54.6 Å². The maximum atomic E-state index is 12.2. The van der Waals surface area contributed by atoms with E-state index < -0.39 is 20.9 Å². The number of rotatable bonds is 17. The fourth-order valence-corrected chi connectivity index (χ4v) is 13.0. The van der Waals surface area contributed by atoms with Crippen LogP contribution >= 0.6 is 12.0 Å². The lowest BCUT2D eigenvalue weighted by atomic mass is 9.79. The van der Waals surface area contributed by atoms with Crippen LogP contribution in [0.4, 0.5) is 28.4 Å². The van der Waals surface area contributed by atoms with Crippen molar-refractivity contribution in [3.05, 3.63) is 210 Å². The van der Waals surface area contributed by atoms with Crippen LogP contribution in [0.2, 0.25) is 0 Å². The van der Waals surface area contributed by atoms with Crippen LogP contribution in [0.15, 0.2) is 208 Å². The molecule has 0 N–H and O–H groups in total. The first-order valence-electron chi connectivity index (χ1n) is 25.8. The number of allylic oxidation sites excluding steroid dienone is 7. The Morgan fingerprint density at radius 2 is 1.28 bits per heavy atom. The molecular formula is C63H59N3O10S2. The SMILES string of the molecule is CC(=O)OCCN1/C(=C/C=C2\CCC(/C=C/C3=[N+](CCOC(C)=O)c4ccc5cc(S(=O)(=O)[O-])ccc5c4C3(C)C)=C2[N+](c2ccccc2)(c2ccccc2)c2ccccc2)C(C)(C)c2c1ccc1cc(SOO[O-])ccc21. The van der Waals surface area contributed by atoms with Gasteiger partial charge >= 0.3 is 11.9 Å². The van der Waals surface area contributed by atoms with E-state index in [1.54, 1.807) is 6.07 Å². The lowest BCUT2D eigenvalue weighted by Crippen LogP contribution is -2.38. The van der Waals surface area contributed by atoms with E-state index >= 15 is 0 Å². The van der Waals surface area contributed by atoms with Crippen LogP contribution in [-0.4, -0.2) is 61.5 Å². The highest BCUT2D eigenvalue weighted by atomic mass is 32.2. The van der Waals surface area contributed by atoms with E-state index in [9.17, 15) is 27.8 Å². The predicted molar refractivity (Wildman–Crippen MR) is 302 cm³/mol. The topological polar surface area (TPSA) is 158 Å². The molecule has 0 fully saturated rings. The number of para-hydroxylation sites is 3. The van der Waals surface area contributed by atoms with Gasteiger partial charge in [-0.3, -0.25) is 14.6 Å². The van der Waals surface area contributed by atoms with Gasteiger partial charge in [0.15, 0.2) is 24.6 Å². The number of quaternary nitrogens is 1. The monoisotopic (exact) mass is 1080 g/mol. The number of hydrogen-bond donors (Lipinski definition) is 0. The summed E-state index contributed by atoms with van der Waals surface area (Å²) in [6, 6.07) is 50.0. The number of fused-ring (bicyclic) bond motifs is 6. The lowest BCUT2D eigenvalue weighted by Gasteiger charge is -2.39. The summed E-state index contributed by atoms with van der Waals surface area (Å²) in [5, 5.41) is 17.8. The molecule has 1 aliphatic carbocycles. The van der Waals surface area contributed by atoms with Crippen molar-refractivity contribution in [1.82, 2.24) is 4.48 Å². The molecule has 0 spiro atoms. The zero-order valence-electron chi connectivity index (χ0n) is 44.2. The number of anilines is 1. The summed E-state index contributed by atoms with van der Waals surface area (Å²) in [7, 11) is -4.70. The highest BCUT2D eigenvalue weighted by Gasteiger charge is 2.49. The maximum absolute atomic E-state index is 12.2. The molecule has 2 aliphatic heterocycles. The van der Waals surface area contributed by atoms with Gasteiger partial charge in [-0.05, 0) is 102 Å². The van der Waals surface area contributed by atoms with Crippen LogP contribution in [-0.2, 0) is 49.4 Å². The molecule has 0 radical (unpaired) electrons. The molecule has 15 heteroatoms. The second kappa shape index (κ2) is 21.7. The molecule has 0 amide bonds. The first-order valence-corrected chi connectivity index (χ1v) is 27.9. The minimum atomic E-state index is -4.70. The average molecular weight is 1080 g/mol. The number of carbonyl (C=O) groups excluding carboxylic acids is 2. The summed E-state index contributed by atoms with van der Waals surface area (Å²) in [4.78, 5) is 27.1. The zero-order chi connectivity index (χ0) is 55.0. The van der Waals surface area contributed by atoms with Crippen molar-refractivity contribution < 1.29 is 51.2 Å². The van der Waals surface area contributed by atoms with E-state index in [0.717, 1.165) is 96.0 Å². The van der Waals surface area contributed by atoms with Gasteiger partial charge in [-0.25, -0.2) is 8.42 Å². The molecule has 78 heavy (non-hydrogen) atoms. The molecule has 0 unspecified atom stereocenters. The molecule has 13 nitrogen and oxygen atoms in total. The van der Waals surface area contributed by atoms with Crippen LogP contribution < -0.4 is 14.6 Å². The number of ether oxygens (including phenoxy) is 2. The summed E-state index contributed by atoms with van der Waals surface area (Å²) in [5.41, 5.74) is 11.1. The number of nitrogens with zero attached hydrogens (tertiary/aromatic N) is 3. The first kappa shape index (κ1) is 53.9. The highest BCUT2D eigenvalue weighted by molar-refractivity contribution is 7.94. The minimum Gasteiger partial charge on any atom is -0.744 e. The Hall–Kier alpha value is -7.47. The standard InChI is InChI=1S/C63H59N3O10S2/c1-42(67)73-38-36-64-55-32-24-46-40-51(77-76-75-69)28-30-53(46)59(55)62(3,4)57(64)34-26-44-22-23-45(61(44)66(48-16-10-7-11-17-48,49-18-12-8-13-19-49)50-20-14-9-15-21-50)27-35-58-63(5,6)60-54-31-29-52(78(70,71)72)41-47(54)25-33-56(60)65(58)37-39-74-43(2)68/h7-21,24-35,40-41H,22-23,36-39H2,1-6H3. The average Bonchev–Trinajstić information content (AvgIpc) is 3.65. The van der Waals surface area contributed by atoms with Crippen LogP contribution in [0.3, 0.4) is 0 Å². The Bertz CT molecular complexity index is 3680.